The molecule has 2 N–H and O–H groups in total. The van der Waals surface area contributed by atoms with Crippen molar-refractivity contribution in [3.05, 3.63) is 12.7 Å². The van der Waals surface area contributed by atoms with Gasteiger partial charge in [-0.1, -0.05) is 0 Å². The summed E-state index contributed by atoms with van der Waals surface area (Å²) in [6.45, 7) is 8.62. The molecule has 1 aromatic heterocycles. The average Bonchev–Trinajstić information content (AvgIpc) is 2.99. The van der Waals surface area contributed by atoms with Crippen LogP contribution >= 0.6 is 24.0 Å². The number of carbonyl (C=O) groups is 1. The van der Waals surface area contributed by atoms with Gasteiger partial charge in [-0.25, -0.2) is 4.79 Å². The third-order valence-electron chi connectivity index (χ3n) is 3.70. The number of halogens is 1. The third-order valence-corrected chi connectivity index (χ3v) is 3.70. The van der Waals surface area contributed by atoms with Crippen molar-refractivity contribution >= 4 is 36.0 Å². The van der Waals surface area contributed by atoms with Crippen LogP contribution in [0.3, 0.4) is 0 Å². The molecule has 0 spiro atoms. The predicted octanol–water partition coefficient (Wildman–Crippen LogP) is 1.46. The van der Waals surface area contributed by atoms with E-state index in [0.29, 0.717) is 13.1 Å². The lowest BCUT2D eigenvalue weighted by atomic mass is 10.1. The quantitative estimate of drug-likeness (QED) is 0.278. The largest absolute Gasteiger partial charge is 0.444 e. The predicted molar refractivity (Wildman–Crippen MR) is 111 cm³/mol. The molecule has 1 aliphatic rings. The fraction of sp³-hybridized carbons (Fsp3) is 0.750. The lowest BCUT2D eigenvalue weighted by molar-refractivity contribution is 0.00701. The molecule has 1 aliphatic heterocycles. The van der Waals surface area contributed by atoms with Crippen LogP contribution in [-0.2, 0) is 11.3 Å². The van der Waals surface area contributed by atoms with Crippen LogP contribution in [0, 0.1) is 0 Å². The minimum atomic E-state index is -0.458. The van der Waals surface area contributed by atoms with E-state index in [-0.39, 0.29) is 36.1 Å². The summed E-state index contributed by atoms with van der Waals surface area (Å²) in [6, 6.07) is 0.204. The van der Waals surface area contributed by atoms with Crippen LogP contribution in [-0.4, -0.2) is 70.0 Å². The number of nitrogens with one attached hydrogen (secondary N) is 2. The number of likely N-dealkylation sites (tertiary alicyclic amines) is 1. The van der Waals surface area contributed by atoms with E-state index in [1.807, 2.05) is 25.3 Å². The van der Waals surface area contributed by atoms with Gasteiger partial charge >= 0.3 is 6.09 Å². The normalized spacial score (nSPS) is 15.1. The fourth-order valence-corrected chi connectivity index (χ4v) is 2.40. The van der Waals surface area contributed by atoms with Crippen LogP contribution in [0.25, 0.3) is 0 Å². The van der Waals surface area contributed by atoms with Crippen LogP contribution in [0.15, 0.2) is 17.6 Å². The number of aryl methyl sites for hydroxylation is 1. The first kappa shape index (κ1) is 22.5. The van der Waals surface area contributed by atoms with Gasteiger partial charge in [0.1, 0.15) is 18.3 Å². The van der Waals surface area contributed by atoms with Gasteiger partial charge in [0.2, 0.25) is 0 Å². The monoisotopic (exact) mass is 479 g/mol. The first-order chi connectivity index (χ1) is 11.9. The second kappa shape index (κ2) is 10.5. The van der Waals surface area contributed by atoms with Gasteiger partial charge in [0.15, 0.2) is 5.96 Å². The second-order valence-corrected chi connectivity index (χ2v) is 7.13. The highest BCUT2D eigenvalue weighted by atomic mass is 127. The summed E-state index contributed by atoms with van der Waals surface area (Å²) in [4.78, 5) is 17.8. The summed E-state index contributed by atoms with van der Waals surface area (Å²) in [5, 5.41) is 14.2. The maximum absolute atomic E-state index is 11.9. The maximum atomic E-state index is 11.9. The standard InChI is InChI=1S/C16H29N7O2.HI/c1-16(2,3)25-15(24)23-9-13(10-23)21-14(17-4)18-7-5-6-8-22-11-19-20-12-22;/h11-13H,5-10H2,1-4H3,(H2,17,18,21);1H. The molecule has 0 saturated carbocycles. The Labute approximate surface area is 172 Å². The molecule has 9 nitrogen and oxygen atoms in total. The van der Waals surface area contributed by atoms with Crippen LogP contribution in [0.1, 0.15) is 33.6 Å². The Hall–Kier alpha value is -1.59. The van der Waals surface area contributed by atoms with Crippen molar-refractivity contribution in [2.24, 2.45) is 4.99 Å². The summed E-state index contributed by atoms with van der Waals surface area (Å²) in [6.07, 6.45) is 5.25. The minimum Gasteiger partial charge on any atom is -0.444 e. The van der Waals surface area contributed by atoms with Crippen LogP contribution in [0.4, 0.5) is 4.79 Å². The number of amides is 1. The summed E-state index contributed by atoms with van der Waals surface area (Å²) in [7, 11) is 1.75. The summed E-state index contributed by atoms with van der Waals surface area (Å²) < 4.78 is 7.31. The molecule has 0 aromatic carbocycles. The first-order valence-electron chi connectivity index (χ1n) is 8.65. The molecule has 0 atom stereocenters. The molecule has 1 fully saturated rings. The van der Waals surface area contributed by atoms with Gasteiger partial charge in [-0.05, 0) is 33.6 Å². The molecular weight excluding hydrogens is 449 g/mol. The van der Waals surface area contributed by atoms with Gasteiger partial charge in [-0.15, -0.1) is 34.2 Å². The lowest BCUT2D eigenvalue weighted by Gasteiger charge is -2.40. The molecule has 0 unspecified atom stereocenters. The average molecular weight is 479 g/mol. The van der Waals surface area contributed by atoms with Crippen molar-refractivity contribution in [1.82, 2.24) is 30.3 Å². The van der Waals surface area contributed by atoms with E-state index in [4.69, 9.17) is 4.74 Å². The number of guanidine groups is 1. The minimum absolute atomic E-state index is 0. The van der Waals surface area contributed by atoms with Gasteiger partial charge in [0.25, 0.3) is 0 Å². The summed E-state index contributed by atoms with van der Waals surface area (Å²) >= 11 is 0. The van der Waals surface area contributed by atoms with Crippen LogP contribution < -0.4 is 10.6 Å². The molecule has 10 heteroatoms. The number of aliphatic imine (C=N–C) groups is 1. The Morgan fingerprint density at radius 2 is 1.92 bits per heavy atom. The number of rotatable bonds is 6. The Bertz CT molecular complexity index is 566. The molecule has 1 saturated heterocycles. The lowest BCUT2D eigenvalue weighted by Crippen LogP contribution is -2.63. The Morgan fingerprint density at radius 1 is 1.27 bits per heavy atom. The number of unbranched alkanes of at least 4 members (excludes halogenated alkanes) is 1. The highest BCUT2D eigenvalue weighted by Gasteiger charge is 2.34. The number of hydrogen-bond donors (Lipinski definition) is 2. The topological polar surface area (TPSA) is 96.7 Å². The van der Waals surface area contributed by atoms with E-state index in [1.54, 1.807) is 24.6 Å². The zero-order chi connectivity index (χ0) is 18.3. The highest BCUT2D eigenvalue weighted by Crippen LogP contribution is 2.15. The van der Waals surface area contributed by atoms with Crippen molar-refractivity contribution in [3.63, 3.8) is 0 Å². The van der Waals surface area contributed by atoms with Gasteiger partial charge in [0.05, 0.1) is 6.04 Å². The third kappa shape index (κ3) is 7.75. The molecule has 2 rings (SSSR count). The Kier molecular flexibility index (Phi) is 9.09. The smallest absolute Gasteiger partial charge is 0.410 e. The first-order valence-corrected chi connectivity index (χ1v) is 8.65. The van der Waals surface area contributed by atoms with E-state index in [9.17, 15) is 4.79 Å². The van der Waals surface area contributed by atoms with E-state index < -0.39 is 5.60 Å². The fourth-order valence-electron chi connectivity index (χ4n) is 2.40. The second-order valence-electron chi connectivity index (χ2n) is 7.13. The SMILES string of the molecule is CN=C(NCCCCn1cnnc1)NC1CN(C(=O)OC(C)(C)C)C1.I. The van der Waals surface area contributed by atoms with Crippen LogP contribution in [0.2, 0.25) is 0 Å². The number of hydrogen-bond acceptors (Lipinski definition) is 5. The maximum Gasteiger partial charge on any atom is 0.410 e. The number of aromatic nitrogens is 3. The van der Waals surface area contributed by atoms with E-state index in [1.165, 1.54) is 0 Å². The molecule has 1 amide bonds. The zero-order valence-electron chi connectivity index (χ0n) is 15.9. The van der Waals surface area contributed by atoms with Crippen molar-refractivity contribution in [1.29, 1.82) is 0 Å². The number of nitrogens with zero attached hydrogens (tertiary/aromatic N) is 5. The van der Waals surface area contributed by atoms with Gasteiger partial charge in [-0.3, -0.25) is 4.99 Å². The van der Waals surface area contributed by atoms with E-state index >= 15 is 0 Å². The van der Waals surface area contributed by atoms with Gasteiger partial charge in [0, 0.05) is 33.2 Å². The molecule has 1 aromatic rings. The van der Waals surface area contributed by atoms with Crippen molar-refractivity contribution in [2.75, 3.05) is 26.7 Å². The van der Waals surface area contributed by atoms with Crippen LogP contribution in [0.5, 0.6) is 0 Å². The van der Waals surface area contributed by atoms with E-state index in [2.05, 4.69) is 25.8 Å². The van der Waals surface area contributed by atoms with E-state index in [0.717, 1.165) is 31.9 Å². The molecular formula is C16H30IN7O2. The van der Waals surface area contributed by atoms with Crippen molar-refractivity contribution < 1.29 is 9.53 Å². The molecule has 148 valence electrons. The molecule has 0 radical (unpaired) electrons. The van der Waals surface area contributed by atoms with Crippen molar-refractivity contribution in [3.8, 4) is 0 Å². The van der Waals surface area contributed by atoms with Gasteiger partial charge in [-0.2, -0.15) is 0 Å². The highest BCUT2D eigenvalue weighted by molar-refractivity contribution is 14.0. The summed E-state index contributed by atoms with van der Waals surface area (Å²) in [5.41, 5.74) is -0.458. The molecule has 26 heavy (non-hydrogen) atoms. The Morgan fingerprint density at radius 3 is 2.50 bits per heavy atom. The molecule has 0 aliphatic carbocycles. The Balaban J connectivity index is 0.00000338. The zero-order valence-corrected chi connectivity index (χ0v) is 18.3. The van der Waals surface area contributed by atoms with Crippen molar-refractivity contribution in [2.45, 2.75) is 51.8 Å². The summed E-state index contributed by atoms with van der Waals surface area (Å²) in [5.74, 6) is 0.762. The van der Waals surface area contributed by atoms with Gasteiger partial charge < -0.3 is 24.8 Å². The number of ether oxygens (including phenoxy) is 1. The molecule has 0 bridgehead atoms. The number of carbonyl (C=O) groups excluding carboxylic acids is 1. The molecule has 2 heterocycles.